The van der Waals surface area contributed by atoms with Crippen LogP contribution in [0.1, 0.15) is 18.7 Å². The number of imidazole rings is 1. The van der Waals surface area contributed by atoms with E-state index in [1.54, 1.807) is 6.07 Å². The predicted octanol–water partition coefficient (Wildman–Crippen LogP) is 6.29. The van der Waals surface area contributed by atoms with Crippen LogP contribution in [-0.2, 0) is 11.3 Å². The first-order valence-electron chi connectivity index (χ1n) is 11.1. The van der Waals surface area contributed by atoms with Crippen LogP contribution in [0.4, 0.5) is 5.69 Å². The zero-order valence-electron chi connectivity index (χ0n) is 18.0. The van der Waals surface area contributed by atoms with E-state index < -0.39 is 0 Å². The van der Waals surface area contributed by atoms with Crippen molar-refractivity contribution in [1.82, 2.24) is 14.5 Å². The van der Waals surface area contributed by atoms with Crippen molar-refractivity contribution in [3.05, 3.63) is 88.1 Å². The monoisotopic (exact) mass is 522 g/mol. The first-order chi connectivity index (χ1) is 16.1. The number of rotatable bonds is 5. The fraction of sp³-hybridized carbons (Fsp3) is 0.231. The van der Waals surface area contributed by atoms with Gasteiger partial charge in [-0.3, -0.25) is 14.3 Å². The molecule has 0 bridgehead atoms. The van der Waals surface area contributed by atoms with Gasteiger partial charge in [-0.2, -0.15) is 0 Å². The molecule has 1 aromatic heterocycles. The van der Waals surface area contributed by atoms with E-state index >= 15 is 0 Å². The molecule has 0 saturated carbocycles. The number of piperidine rings is 1. The Hall–Kier alpha value is -2.67. The molecule has 1 aliphatic heterocycles. The van der Waals surface area contributed by atoms with Gasteiger partial charge in [-0.05, 0) is 61.9 Å². The van der Waals surface area contributed by atoms with Crippen LogP contribution in [0.3, 0.4) is 0 Å². The van der Waals surface area contributed by atoms with Crippen molar-refractivity contribution in [1.29, 1.82) is 0 Å². The van der Waals surface area contributed by atoms with Gasteiger partial charge in [0.1, 0.15) is 5.82 Å². The van der Waals surface area contributed by atoms with Crippen LogP contribution < -0.4 is 5.32 Å². The number of para-hydroxylation sites is 3. The standard InChI is InChI=1S/C26H24BrClN4O/c27-19-8-5-9-20(15-19)32-24-13-4-3-12-23(24)29-25(32)17-31-14-6-7-18(16-31)26(33)30-22-11-2-1-10-21(22)28/h1-5,8-13,15,18H,6-7,14,16-17H2,(H,30,33)/t18-/m0/s1. The lowest BCUT2D eigenvalue weighted by molar-refractivity contribution is -0.121. The summed E-state index contributed by atoms with van der Waals surface area (Å²) >= 11 is 9.82. The van der Waals surface area contributed by atoms with Crippen LogP contribution in [0.15, 0.2) is 77.3 Å². The maximum Gasteiger partial charge on any atom is 0.228 e. The number of hydrogen-bond donors (Lipinski definition) is 1. The molecular formula is C26H24BrClN4O. The molecule has 7 heteroatoms. The number of carbonyl (C=O) groups is 1. The zero-order valence-corrected chi connectivity index (χ0v) is 20.4. The highest BCUT2D eigenvalue weighted by atomic mass is 79.9. The second-order valence-electron chi connectivity index (χ2n) is 8.38. The highest BCUT2D eigenvalue weighted by molar-refractivity contribution is 9.10. The quantitative estimate of drug-likeness (QED) is 0.334. The fourth-order valence-corrected chi connectivity index (χ4v) is 5.07. The third-order valence-electron chi connectivity index (χ3n) is 6.07. The number of nitrogens with zero attached hydrogens (tertiary/aromatic N) is 3. The average Bonchev–Trinajstić information content (AvgIpc) is 3.18. The lowest BCUT2D eigenvalue weighted by Crippen LogP contribution is -2.40. The van der Waals surface area contributed by atoms with Gasteiger partial charge >= 0.3 is 0 Å². The third-order valence-corrected chi connectivity index (χ3v) is 6.89. The normalized spacial score (nSPS) is 16.7. The van der Waals surface area contributed by atoms with Gasteiger partial charge in [-0.15, -0.1) is 0 Å². The molecule has 0 radical (unpaired) electrons. The summed E-state index contributed by atoms with van der Waals surface area (Å²) in [6.45, 7) is 2.31. The first kappa shape index (κ1) is 22.1. The maximum atomic E-state index is 13.0. The van der Waals surface area contributed by atoms with E-state index in [2.05, 4.69) is 48.9 Å². The molecule has 1 fully saturated rings. The van der Waals surface area contributed by atoms with E-state index in [9.17, 15) is 4.79 Å². The summed E-state index contributed by atoms with van der Waals surface area (Å²) in [6, 6.07) is 23.8. The van der Waals surface area contributed by atoms with E-state index in [-0.39, 0.29) is 11.8 Å². The molecule has 1 N–H and O–H groups in total. The van der Waals surface area contributed by atoms with Crippen LogP contribution in [0.2, 0.25) is 5.02 Å². The van der Waals surface area contributed by atoms with Crippen LogP contribution in [0, 0.1) is 5.92 Å². The average molecular weight is 524 g/mol. The van der Waals surface area contributed by atoms with E-state index in [1.807, 2.05) is 48.5 Å². The van der Waals surface area contributed by atoms with E-state index in [4.69, 9.17) is 16.6 Å². The summed E-state index contributed by atoms with van der Waals surface area (Å²) in [4.78, 5) is 20.2. The molecule has 1 aliphatic rings. The maximum absolute atomic E-state index is 13.0. The van der Waals surface area contributed by atoms with Crippen molar-refractivity contribution >= 4 is 50.2 Å². The Bertz CT molecular complexity index is 1300. The number of benzene rings is 3. The van der Waals surface area contributed by atoms with Crippen LogP contribution >= 0.6 is 27.5 Å². The molecule has 1 atom stereocenters. The lowest BCUT2D eigenvalue weighted by Gasteiger charge is -2.31. The van der Waals surface area contributed by atoms with Gasteiger partial charge in [0.15, 0.2) is 0 Å². The molecule has 1 amide bonds. The van der Waals surface area contributed by atoms with Crippen molar-refractivity contribution < 1.29 is 4.79 Å². The topological polar surface area (TPSA) is 50.2 Å². The largest absolute Gasteiger partial charge is 0.324 e. The molecular weight excluding hydrogens is 500 g/mol. The van der Waals surface area contributed by atoms with Crippen LogP contribution in [0.5, 0.6) is 0 Å². The van der Waals surface area contributed by atoms with Gasteiger partial charge < -0.3 is 5.32 Å². The van der Waals surface area contributed by atoms with E-state index in [0.717, 1.165) is 46.4 Å². The number of anilines is 1. The zero-order chi connectivity index (χ0) is 22.8. The summed E-state index contributed by atoms with van der Waals surface area (Å²) in [5.41, 5.74) is 3.78. The second-order valence-corrected chi connectivity index (χ2v) is 9.70. The van der Waals surface area contributed by atoms with Gasteiger partial charge in [0.05, 0.1) is 34.2 Å². The van der Waals surface area contributed by atoms with Gasteiger partial charge in [-0.1, -0.05) is 57.9 Å². The Labute approximate surface area is 206 Å². The third kappa shape index (κ3) is 4.83. The highest BCUT2D eigenvalue weighted by Gasteiger charge is 2.27. The van der Waals surface area contributed by atoms with Gasteiger partial charge in [0.25, 0.3) is 0 Å². The molecule has 168 valence electrons. The Morgan fingerprint density at radius 3 is 2.76 bits per heavy atom. The summed E-state index contributed by atoms with van der Waals surface area (Å²) in [5.74, 6) is 0.911. The number of likely N-dealkylation sites (tertiary alicyclic amines) is 1. The molecule has 1 saturated heterocycles. The molecule has 4 aromatic rings. The SMILES string of the molecule is O=C(Nc1ccccc1Cl)[C@H]1CCCN(Cc2nc3ccccc3n2-c2cccc(Br)c2)C1. The van der Waals surface area contributed by atoms with Crippen molar-refractivity contribution in [2.75, 3.05) is 18.4 Å². The van der Waals surface area contributed by atoms with Gasteiger partial charge in [0.2, 0.25) is 5.91 Å². The Morgan fingerprint density at radius 1 is 1.09 bits per heavy atom. The summed E-state index contributed by atoms with van der Waals surface area (Å²) < 4.78 is 3.24. The van der Waals surface area contributed by atoms with Crippen molar-refractivity contribution in [2.45, 2.75) is 19.4 Å². The van der Waals surface area contributed by atoms with Crippen molar-refractivity contribution in [2.24, 2.45) is 5.92 Å². The number of nitrogens with one attached hydrogen (secondary N) is 1. The minimum Gasteiger partial charge on any atom is -0.324 e. The first-order valence-corrected chi connectivity index (χ1v) is 12.3. The lowest BCUT2D eigenvalue weighted by atomic mass is 9.97. The Kier molecular flexibility index (Phi) is 6.49. The molecule has 5 rings (SSSR count). The summed E-state index contributed by atoms with van der Waals surface area (Å²) in [6.07, 6.45) is 1.84. The number of carbonyl (C=O) groups excluding carboxylic acids is 1. The van der Waals surface area contributed by atoms with Crippen molar-refractivity contribution in [3.63, 3.8) is 0 Å². The minimum atomic E-state index is -0.0845. The van der Waals surface area contributed by atoms with E-state index in [0.29, 0.717) is 23.8 Å². The molecule has 2 heterocycles. The molecule has 33 heavy (non-hydrogen) atoms. The number of aromatic nitrogens is 2. The summed E-state index contributed by atoms with van der Waals surface area (Å²) in [5, 5.41) is 3.56. The van der Waals surface area contributed by atoms with Gasteiger partial charge in [-0.25, -0.2) is 4.98 Å². The number of halogens is 2. The smallest absolute Gasteiger partial charge is 0.228 e. The van der Waals surface area contributed by atoms with E-state index in [1.165, 1.54) is 0 Å². The number of hydrogen-bond acceptors (Lipinski definition) is 3. The van der Waals surface area contributed by atoms with Gasteiger partial charge in [0, 0.05) is 16.7 Å². The van der Waals surface area contributed by atoms with Crippen molar-refractivity contribution in [3.8, 4) is 5.69 Å². The number of fused-ring (bicyclic) bond motifs is 1. The highest BCUT2D eigenvalue weighted by Crippen LogP contribution is 2.27. The molecule has 0 unspecified atom stereocenters. The van der Waals surface area contributed by atoms with Crippen LogP contribution in [-0.4, -0.2) is 33.4 Å². The second kappa shape index (κ2) is 9.67. The molecule has 3 aromatic carbocycles. The molecule has 0 aliphatic carbocycles. The minimum absolute atomic E-state index is 0.0216. The Morgan fingerprint density at radius 2 is 1.91 bits per heavy atom. The summed E-state index contributed by atoms with van der Waals surface area (Å²) in [7, 11) is 0. The molecule has 0 spiro atoms. The number of amides is 1. The fourth-order valence-electron chi connectivity index (χ4n) is 4.50. The molecule has 5 nitrogen and oxygen atoms in total. The Balaban J connectivity index is 1.38. The van der Waals surface area contributed by atoms with Crippen LogP contribution in [0.25, 0.3) is 16.7 Å². The predicted molar refractivity (Wildman–Crippen MR) is 137 cm³/mol.